The molecule has 0 spiro atoms. The first-order chi connectivity index (χ1) is 5.27. The first kappa shape index (κ1) is 10.9. The fourth-order valence-electron chi connectivity index (χ4n) is 0.804. The molecule has 0 unspecified atom stereocenters. The van der Waals surface area contributed by atoms with Crippen LogP contribution in [-0.4, -0.2) is 26.3 Å². The standard InChI is InChI=1S/C9H21NO/c1-4-11-8-7-10-6-5-9(2)3/h9-10H,4-8H2,1-3H3. The van der Waals surface area contributed by atoms with Crippen molar-refractivity contribution >= 4 is 0 Å². The molecule has 2 heteroatoms. The molecule has 0 rings (SSSR count). The molecule has 0 radical (unpaired) electrons. The molecule has 11 heavy (non-hydrogen) atoms. The Morgan fingerprint density at radius 2 is 2.00 bits per heavy atom. The molecule has 0 aromatic rings. The summed E-state index contributed by atoms with van der Waals surface area (Å²) in [5.74, 6) is 0.801. The van der Waals surface area contributed by atoms with Crippen molar-refractivity contribution in [2.45, 2.75) is 27.2 Å². The van der Waals surface area contributed by atoms with E-state index in [1.54, 1.807) is 0 Å². The predicted octanol–water partition coefficient (Wildman–Crippen LogP) is 1.66. The maximum atomic E-state index is 5.18. The minimum absolute atomic E-state index is 0.801. The fraction of sp³-hybridized carbons (Fsp3) is 1.00. The first-order valence-corrected chi connectivity index (χ1v) is 4.55. The van der Waals surface area contributed by atoms with Gasteiger partial charge in [-0.3, -0.25) is 0 Å². The van der Waals surface area contributed by atoms with Crippen LogP contribution < -0.4 is 5.32 Å². The van der Waals surface area contributed by atoms with E-state index in [4.69, 9.17) is 4.74 Å². The van der Waals surface area contributed by atoms with Gasteiger partial charge in [-0.2, -0.15) is 0 Å². The smallest absolute Gasteiger partial charge is 0.0590 e. The van der Waals surface area contributed by atoms with Crippen LogP contribution in [0.5, 0.6) is 0 Å². The third-order valence-corrected chi connectivity index (χ3v) is 1.53. The van der Waals surface area contributed by atoms with Gasteiger partial charge in [-0.1, -0.05) is 13.8 Å². The van der Waals surface area contributed by atoms with Crippen LogP contribution in [0.15, 0.2) is 0 Å². The normalized spacial score (nSPS) is 10.9. The van der Waals surface area contributed by atoms with E-state index in [2.05, 4.69) is 19.2 Å². The second-order valence-corrected chi connectivity index (χ2v) is 3.13. The molecule has 0 heterocycles. The van der Waals surface area contributed by atoms with Crippen LogP contribution in [0.1, 0.15) is 27.2 Å². The highest BCUT2D eigenvalue weighted by Gasteiger charge is 1.91. The molecular weight excluding hydrogens is 138 g/mol. The van der Waals surface area contributed by atoms with Crippen LogP contribution in [0, 0.1) is 5.92 Å². The number of nitrogens with one attached hydrogen (secondary N) is 1. The Morgan fingerprint density at radius 1 is 1.27 bits per heavy atom. The lowest BCUT2D eigenvalue weighted by Gasteiger charge is -2.06. The van der Waals surface area contributed by atoms with E-state index in [0.29, 0.717) is 0 Å². The average Bonchev–Trinajstić information content (AvgIpc) is 1.96. The summed E-state index contributed by atoms with van der Waals surface area (Å²) >= 11 is 0. The Hall–Kier alpha value is -0.0800. The van der Waals surface area contributed by atoms with Gasteiger partial charge in [0.05, 0.1) is 6.61 Å². The van der Waals surface area contributed by atoms with E-state index < -0.39 is 0 Å². The molecule has 0 aliphatic rings. The van der Waals surface area contributed by atoms with Gasteiger partial charge in [-0.15, -0.1) is 0 Å². The van der Waals surface area contributed by atoms with Crippen molar-refractivity contribution in [1.29, 1.82) is 0 Å². The van der Waals surface area contributed by atoms with Gasteiger partial charge < -0.3 is 10.1 Å². The summed E-state index contributed by atoms with van der Waals surface area (Å²) in [4.78, 5) is 0. The second-order valence-electron chi connectivity index (χ2n) is 3.13. The zero-order valence-electron chi connectivity index (χ0n) is 8.02. The van der Waals surface area contributed by atoms with Crippen LogP contribution >= 0.6 is 0 Å². The van der Waals surface area contributed by atoms with Crippen LogP contribution in [0.4, 0.5) is 0 Å². The lowest BCUT2D eigenvalue weighted by atomic mass is 10.1. The van der Waals surface area contributed by atoms with E-state index in [0.717, 1.165) is 32.2 Å². The SMILES string of the molecule is CCOCCNCCC(C)C. The van der Waals surface area contributed by atoms with Crippen molar-refractivity contribution < 1.29 is 4.74 Å². The lowest BCUT2D eigenvalue weighted by molar-refractivity contribution is 0.149. The van der Waals surface area contributed by atoms with Crippen molar-refractivity contribution in [3.63, 3.8) is 0 Å². The summed E-state index contributed by atoms with van der Waals surface area (Å²) in [6.07, 6.45) is 1.26. The minimum atomic E-state index is 0.801. The molecule has 0 aromatic heterocycles. The quantitative estimate of drug-likeness (QED) is 0.570. The predicted molar refractivity (Wildman–Crippen MR) is 48.8 cm³/mol. The molecule has 1 N–H and O–H groups in total. The molecule has 0 saturated heterocycles. The van der Waals surface area contributed by atoms with Crippen molar-refractivity contribution in [3.05, 3.63) is 0 Å². The molecule has 0 fully saturated rings. The van der Waals surface area contributed by atoms with Crippen LogP contribution in [-0.2, 0) is 4.74 Å². The summed E-state index contributed by atoms with van der Waals surface area (Å²) < 4.78 is 5.18. The monoisotopic (exact) mass is 159 g/mol. The molecule has 68 valence electrons. The van der Waals surface area contributed by atoms with E-state index >= 15 is 0 Å². The van der Waals surface area contributed by atoms with Crippen molar-refractivity contribution in [2.75, 3.05) is 26.3 Å². The number of ether oxygens (including phenoxy) is 1. The number of hydrogen-bond donors (Lipinski definition) is 1. The van der Waals surface area contributed by atoms with Gasteiger partial charge in [0.2, 0.25) is 0 Å². The van der Waals surface area contributed by atoms with Crippen LogP contribution in [0.2, 0.25) is 0 Å². The Labute approximate surface area is 70.3 Å². The highest BCUT2D eigenvalue weighted by molar-refractivity contribution is 4.49. The van der Waals surface area contributed by atoms with Gasteiger partial charge in [0.1, 0.15) is 0 Å². The first-order valence-electron chi connectivity index (χ1n) is 4.55. The zero-order chi connectivity index (χ0) is 8.53. The zero-order valence-corrected chi connectivity index (χ0v) is 8.02. The Balaban J connectivity index is 2.80. The second kappa shape index (κ2) is 8.02. The van der Waals surface area contributed by atoms with Gasteiger partial charge in [0.25, 0.3) is 0 Å². The van der Waals surface area contributed by atoms with Crippen LogP contribution in [0.25, 0.3) is 0 Å². The van der Waals surface area contributed by atoms with Gasteiger partial charge in [-0.05, 0) is 25.8 Å². The van der Waals surface area contributed by atoms with Gasteiger partial charge >= 0.3 is 0 Å². The van der Waals surface area contributed by atoms with Gasteiger partial charge in [-0.25, -0.2) is 0 Å². The molecule has 0 aliphatic heterocycles. The molecule has 0 amide bonds. The van der Waals surface area contributed by atoms with Crippen molar-refractivity contribution in [3.8, 4) is 0 Å². The van der Waals surface area contributed by atoms with Crippen molar-refractivity contribution in [2.24, 2.45) is 5.92 Å². The van der Waals surface area contributed by atoms with E-state index in [-0.39, 0.29) is 0 Å². The van der Waals surface area contributed by atoms with E-state index in [9.17, 15) is 0 Å². The van der Waals surface area contributed by atoms with Gasteiger partial charge in [0, 0.05) is 13.2 Å². The Bertz CT molecular complexity index is 74.0. The number of rotatable bonds is 7. The third-order valence-electron chi connectivity index (χ3n) is 1.53. The lowest BCUT2D eigenvalue weighted by Crippen LogP contribution is -2.21. The minimum Gasteiger partial charge on any atom is -0.380 e. The summed E-state index contributed by atoms with van der Waals surface area (Å²) in [6, 6.07) is 0. The van der Waals surface area contributed by atoms with Crippen LogP contribution in [0.3, 0.4) is 0 Å². The molecular formula is C9H21NO. The summed E-state index contributed by atoms with van der Waals surface area (Å²) in [7, 11) is 0. The Kier molecular flexibility index (Phi) is 7.96. The maximum Gasteiger partial charge on any atom is 0.0590 e. The molecule has 0 bridgehead atoms. The van der Waals surface area contributed by atoms with E-state index in [1.807, 2.05) is 6.92 Å². The van der Waals surface area contributed by atoms with Gasteiger partial charge in [0.15, 0.2) is 0 Å². The molecule has 0 atom stereocenters. The molecule has 2 nitrogen and oxygen atoms in total. The van der Waals surface area contributed by atoms with E-state index in [1.165, 1.54) is 6.42 Å². The number of hydrogen-bond acceptors (Lipinski definition) is 2. The Morgan fingerprint density at radius 3 is 2.55 bits per heavy atom. The summed E-state index contributed by atoms with van der Waals surface area (Å²) in [6.45, 7) is 10.3. The highest BCUT2D eigenvalue weighted by Crippen LogP contribution is 1.95. The molecule has 0 aromatic carbocycles. The fourth-order valence-corrected chi connectivity index (χ4v) is 0.804. The summed E-state index contributed by atoms with van der Waals surface area (Å²) in [5, 5.41) is 3.33. The largest absolute Gasteiger partial charge is 0.380 e. The highest BCUT2D eigenvalue weighted by atomic mass is 16.5. The average molecular weight is 159 g/mol. The topological polar surface area (TPSA) is 21.3 Å². The maximum absolute atomic E-state index is 5.18. The van der Waals surface area contributed by atoms with Crippen molar-refractivity contribution in [1.82, 2.24) is 5.32 Å². The summed E-state index contributed by atoms with van der Waals surface area (Å²) in [5.41, 5.74) is 0. The third kappa shape index (κ3) is 9.92. The molecule has 0 saturated carbocycles. The molecule has 0 aliphatic carbocycles.